The summed E-state index contributed by atoms with van der Waals surface area (Å²) in [5.41, 5.74) is 2.96. The Labute approximate surface area is 129 Å². The third-order valence-corrected chi connectivity index (χ3v) is 3.50. The van der Waals surface area contributed by atoms with Crippen LogP contribution in [0.2, 0.25) is 0 Å². The van der Waals surface area contributed by atoms with Crippen molar-refractivity contribution in [2.24, 2.45) is 4.99 Å². The number of hydrogen-bond acceptors (Lipinski definition) is 3. The molecule has 2 rings (SSSR count). The third-order valence-electron chi connectivity index (χ3n) is 3.50. The molecule has 2 aromatic carbocycles. The Morgan fingerprint density at radius 3 is 2.36 bits per heavy atom. The van der Waals surface area contributed by atoms with Crippen molar-refractivity contribution in [3.8, 4) is 0 Å². The number of aromatic carboxylic acids is 1. The monoisotopic (exact) mass is 295 g/mol. The molecule has 0 saturated heterocycles. The summed E-state index contributed by atoms with van der Waals surface area (Å²) in [7, 11) is 1.72. The first-order valence-electron chi connectivity index (χ1n) is 6.91. The second-order valence-corrected chi connectivity index (χ2v) is 4.96. The van der Waals surface area contributed by atoms with Crippen molar-refractivity contribution >= 4 is 17.5 Å². The lowest BCUT2D eigenvalue weighted by Crippen LogP contribution is -2.11. The quantitative estimate of drug-likeness (QED) is 0.680. The second kappa shape index (κ2) is 6.80. The number of carbonyl (C=O) groups is 2. The van der Waals surface area contributed by atoms with E-state index in [1.165, 1.54) is 6.07 Å². The summed E-state index contributed by atoms with van der Waals surface area (Å²) in [5, 5.41) is 9.16. The minimum Gasteiger partial charge on any atom is -0.478 e. The summed E-state index contributed by atoms with van der Waals surface area (Å²) in [4.78, 5) is 27.7. The largest absolute Gasteiger partial charge is 0.478 e. The molecule has 0 saturated carbocycles. The van der Waals surface area contributed by atoms with Gasteiger partial charge in [-0.2, -0.15) is 0 Å². The standard InChI is InChI=1S/C18H17NO3/c1-12(19-2)14-7-5-6-13(10-14)11-17(20)15-8-3-4-9-16(15)18(21)22/h3-10H,11H2,1-2H3,(H,21,22). The van der Waals surface area contributed by atoms with Crippen LogP contribution < -0.4 is 0 Å². The molecule has 1 N–H and O–H groups in total. The highest BCUT2D eigenvalue weighted by molar-refractivity contribution is 6.06. The average molecular weight is 295 g/mol. The normalized spacial score (nSPS) is 11.3. The van der Waals surface area contributed by atoms with Crippen LogP contribution in [0, 0.1) is 0 Å². The van der Waals surface area contributed by atoms with E-state index in [9.17, 15) is 9.59 Å². The summed E-state index contributed by atoms with van der Waals surface area (Å²) in [6, 6.07) is 13.8. The van der Waals surface area contributed by atoms with Crippen molar-refractivity contribution in [1.82, 2.24) is 0 Å². The maximum Gasteiger partial charge on any atom is 0.336 e. The number of aliphatic imine (C=N–C) groups is 1. The lowest BCUT2D eigenvalue weighted by atomic mass is 9.97. The van der Waals surface area contributed by atoms with Crippen molar-refractivity contribution in [3.63, 3.8) is 0 Å². The van der Waals surface area contributed by atoms with Gasteiger partial charge in [0.05, 0.1) is 5.56 Å². The number of carboxylic acids is 1. The Morgan fingerprint density at radius 1 is 1.05 bits per heavy atom. The number of ketones is 1. The molecule has 0 amide bonds. The van der Waals surface area contributed by atoms with Gasteiger partial charge in [0.2, 0.25) is 0 Å². The van der Waals surface area contributed by atoms with Crippen LogP contribution in [-0.4, -0.2) is 29.6 Å². The number of carbonyl (C=O) groups excluding carboxylic acids is 1. The van der Waals surface area contributed by atoms with Crippen LogP contribution in [0.15, 0.2) is 53.5 Å². The summed E-state index contributed by atoms with van der Waals surface area (Å²) in [6.07, 6.45) is 0.162. The Morgan fingerprint density at radius 2 is 1.73 bits per heavy atom. The van der Waals surface area contributed by atoms with Gasteiger partial charge in [-0.05, 0) is 30.2 Å². The Kier molecular flexibility index (Phi) is 4.84. The average Bonchev–Trinajstić information content (AvgIpc) is 2.54. The van der Waals surface area contributed by atoms with E-state index in [1.807, 2.05) is 31.2 Å². The predicted molar refractivity (Wildman–Crippen MR) is 86.0 cm³/mol. The molecule has 0 aliphatic heterocycles. The van der Waals surface area contributed by atoms with Gasteiger partial charge in [0, 0.05) is 24.7 Å². The fraction of sp³-hybridized carbons (Fsp3) is 0.167. The maximum absolute atomic E-state index is 12.4. The number of hydrogen-bond donors (Lipinski definition) is 1. The van der Waals surface area contributed by atoms with E-state index in [2.05, 4.69) is 4.99 Å². The molecule has 112 valence electrons. The van der Waals surface area contributed by atoms with Crippen molar-refractivity contribution in [3.05, 3.63) is 70.8 Å². The molecule has 0 heterocycles. The first-order valence-corrected chi connectivity index (χ1v) is 6.91. The van der Waals surface area contributed by atoms with E-state index >= 15 is 0 Å². The summed E-state index contributed by atoms with van der Waals surface area (Å²) >= 11 is 0. The Bertz CT molecular complexity index is 748. The Balaban J connectivity index is 2.28. The molecule has 0 fully saturated rings. The molecule has 0 unspecified atom stereocenters. The summed E-state index contributed by atoms with van der Waals surface area (Å²) in [5.74, 6) is -1.30. The van der Waals surface area contributed by atoms with Crippen molar-refractivity contribution in [2.45, 2.75) is 13.3 Å². The van der Waals surface area contributed by atoms with E-state index in [4.69, 9.17) is 5.11 Å². The summed E-state index contributed by atoms with van der Waals surface area (Å²) < 4.78 is 0. The van der Waals surface area contributed by atoms with E-state index in [0.29, 0.717) is 0 Å². The molecule has 2 aromatic rings. The van der Waals surface area contributed by atoms with Gasteiger partial charge in [-0.3, -0.25) is 9.79 Å². The zero-order chi connectivity index (χ0) is 16.1. The number of carboxylic acid groups (broad SMARTS) is 1. The highest BCUT2D eigenvalue weighted by Crippen LogP contribution is 2.14. The zero-order valence-corrected chi connectivity index (χ0v) is 12.5. The van der Waals surface area contributed by atoms with Crippen LogP contribution in [0.3, 0.4) is 0 Å². The molecule has 0 aliphatic rings. The smallest absolute Gasteiger partial charge is 0.336 e. The molecule has 0 aliphatic carbocycles. The van der Waals surface area contributed by atoms with Gasteiger partial charge in [0.15, 0.2) is 5.78 Å². The fourth-order valence-corrected chi connectivity index (χ4v) is 2.23. The minimum atomic E-state index is -1.09. The fourth-order valence-electron chi connectivity index (χ4n) is 2.23. The Hall–Kier alpha value is -2.75. The molecular weight excluding hydrogens is 278 g/mol. The topological polar surface area (TPSA) is 66.7 Å². The van der Waals surface area contributed by atoms with Crippen LogP contribution in [0.1, 0.15) is 38.8 Å². The van der Waals surface area contributed by atoms with Crippen molar-refractivity contribution < 1.29 is 14.7 Å². The van der Waals surface area contributed by atoms with Crippen LogP contribution >= 0.6 is 0 Å². The van der Waals surface area contributed by atoms with Gasteiger partial charge >= 0.3 is 5.97 Å². The number of nitrogens with zero attached hydrogens (tertiary/aromatic N) is 1. The first kappa shape index (κ1) is 15.6. The lowest BCUT2D eigenvalue weighted by Gasteiger charge is -2.07. The molecule has 4 heteroatoms. The highest BCUT2D eigenvalue weighted by Gasteiger charge is 2.16. The first-order chi connectivity index (χ1) is 10.5. The van der Waals surface area contributed by atoms with E-state index in [-0.39, 0.29) is 23.3 Å². The highest BCUT2D eigenvalue weighted by atomic mass is 16.4. The predicted octanol–water partition coefficient (Wildman–Crippen LogP) is 3.25. The van der Waals surface area contributed by atoms with Crippen LogP contribution in [0.25, 0.3) is 0 Å². The molecule has 22 heavy (non-hydrogen) atoms. The van der Waals surface area contributed by atoms with E-state index < -0.39 is 5.97 Å². The van der Waals surface area contributed by atoms with Crippen LogP contribution in [-0.2, 0) is 6.42 Å². The van der Waals surface area contributed by atoms with Gasteiger partial charge in [0.1, 0.15) is 0 Å². The van der Waals surface area contributed by atoms with Crippen LogP contribution in [0.4, 0.5) is 0 Å². The minimum absolute atomic E-state index is 0.0370. The lowest BCUT2D eigenvalue weighted by molar-refractivity contribution is 0.0692. The molecule has 0 bridgehead atoms. The van der Waals surface area contributed by atoms with Crippen molar-refractivity contribution in [2.75, 3.05) is 7.05 Å². The van der Waals surface area contributed by atoms with Crippen molar-refractivity contribution in [1.29, 1.82) is 0 Å². The van der Waals surface area contributed by atoms with Gasteiger partial charge in [-0.1, -0.05) is 36.4 Å². The zero-order valence-electron chi connectivity index (χ0n) is 12.5. The van der Waals surface area contributed by atoms with Gasteiger partial charge in [-0.15, -0.1) is 0 Å². The van der Waals surface area contributed by atoms with Gasteiger partial charge in [0.25, 0.3) is 0 Å². The molecule has 0 atom stereocenters. The van der Waals surface area contributed by atoms with Crippen LogP contribution in [0.5, 0.6) is 0 Å². The maximum atomic E-state index is 12.4. The van der Waals surface area contributed by atoms with Gasteiger partial charge < -0.3 is 5.11 Å². The second-order valence-electron chi connectivity index (χ2n) is 4.96. The number of Topliss-reactive ketones (excluding diaryl/α,β-unsaturated/α-hetero) is 1. The molecular formula is C18H17NO3. The molecule has 0 radical (unpaired) electrons. The number of rotatable bonds is 5. The molecule has 0 aromatic heterocycles. The third kappa shape index (κ3) is 3.47. The van der Waals surface area contributed by atoms with E-state index in [0.717, 1.165) is 16.8 Å². The number of benzene rings is 2. The molecule has 0 spiro atoms. The van der Waals surface area contributed by atoms with E-state index in [1.54, 1.807) is 25.2 Å². The molecule has 4 nitrogen and oxygen atoms in total. The van der Waals surface area contributed by atoms with Gasteiger partial charge in [-0.25, -0.2) is 4.79 Å². The summed E-state index contributed by atoms with van der Waals surface area (Å²) in [6.45, 7) is 1.90. The SMILES string of the molecule is CN=C(C)c1cccc(CC(=O)c2ccccc2C(=O)O)c1.